The summed E-state index contributed by atoms with van der Waals surface area (Å²) in [6.45, 7) is 6.27. The zero-order valence-corrected chi connectivity index (χ0v) is 12.2. The SMILES string of the molecule is CC(C)CNCCc1coc2cc(F)c(Br)cc12. The lowest BCUT2D eigenvalue weighted by Crippen LogP contribution is -2.21. The Hall–Kier alpha value is -0.870. The first-order valence-corrected chi connectivity index (χ1v) is 6.93. The molecule has 0 amide bonds. The molecule has 0 bridgehead atoms. The highest BCUT2D eigenvalue weighted by atomic mass is 79.9. The van der Waals surface area contributed by atoms with Crippen molar-refractivity contribution in [1.29, 1.82) is 0 Å². The first-order valence-electron chi connectivity index (χ1n) is 6.13. The van der Waals surface area contributed by atoms with Gasteiger partial charge in [0.05, 0.1) is 10.7 Å². The number of nitrogens with one attached hydrogen (secondary N) is 1. The highest BCUT2D eigenvalue weighted by molar-refractivity contribution is 9.10. The predicted octanol–water partition coefficient (Wildman–Crippen LogP) is 4.12. The fourth-order valence-electron chi connectivity index (χ4n) is 1.88. The molecule has 0 aliphatic rings. The van der Waals surface area contributed by atoms with E-state index in [1.165, 1.54) is 6.07 Å². The lowest BCUT2D eigenvalue weighted by molar-refractivity contribution is 0.551. The molecule has 2 nitrogen and oxygen atoms in total. The molecule has 4 heteroatoms. The molecule has 0 saturated heterocycles. The largest absolute Gasteiger partial charge is 0.464 e. The Kier molecular flexibility index (Phi) is 4.40. The second-order valence-corrected chi connectivity index (χ2v) is 5.73. The highest BCUT2D eigenvalue weighted by Crippen LogP contribution is 2.27. The van der Waals surface area contributed by atoms with E-state index in [0.717, 1.165) is 30.5 Å². The van der Waals surface area contributed by atoms with Crippen molar-refractivity contribution in [3.63, 3.8) is 0 Å². The number of hydrogen-bond acceptors (Lipinski definition) is 2. The maximum absolute atomic E-state index is 13.3. The molecule has 0 aliphatic heterocycles. The first kappa shape index (κ1) is 13.6. The summed E-state index contributed by atoms with van der Waals surface area (Å²) in [6.07, 6.45) is 2.60. The molecule has 1 aromatic heterocycles. The lowest BCUT2D eigenvalue weighted by Gasteiger charge is -2.06. The molecule has 0 fully saturated rings. The van der Waals surface area contributed by atoms with Crippen LogP contribution in [-0.4, -0.2) is 13.1 Å². The minimum absolute atomic E-state index is 0.290. The van der Waals surface area contributed by atoms with Crippen LogP contribution in [0.5, 0.6) is 0 Å². The van der Waals surface area contributed by atoms with Crippen molar-refractivity contribution in [2.45, 2.75) is 20.3 Å². The molecule has 2 aromatic rings. The van der Waals surface area contributed by atoms with Crippen LogP contribution in [0, 0.1) is 11.7 Å². The molecular formula is C14H17BrFNO. The molecule has 0 atom stereocenters. The number of hydrogen-bond donors (Lipinski definition) is 1. The van der Waals surface area contributed by atoms with E-state index in [1.54, 1.807) is 12.3 Å². The van der Waals surface area contributed by atoms with Crippen LogP contribution in [0.25, 0.3) is 11.0 Å². The van der Waals surface area contributed by atoms with Gasteiger partial charge in [-0.25, -0.2) is 4.39 Å². The van der Waals surface area contributed by atoms with Gasteiger partial charge in [0.25, 0.3) is 0 Å². The lowest BCUT2D eigenvalue weighted by atomic mass is 10.1. The third-order valence-electron chi connectivity index (χ3n) is 2.82. The Labute approximate surface area is 115 Å². The average Bonchev–Trinajstić information content (AvgIpc) is 2.68. The fraction of sp³-hybridized carbons (Fsp3) is 0.429. The first-order chi connectivity index (χ1) is 8.58. The van der Waals surface area contributed by atoms with E-state index in [2.05, 4.69) is 35.1 Å². The Bertz CT molecular complexity index is 536. The van der Waals surface area contributed by atoms with Crippen molar-refractivity contribution < 1.29 is 8.81 Å². The highest BCUT2D eigenvalue weighted by Gasteiger charge is 2.09. The predicted molar refractivity (Wildman–Crippen MR) is 75.3 cm³/mol. The number of benzene rings is 1. The van der Waals surface area contributed by atoms with Gasteiger partial charge in [0, 0.05) is 11.5 Å². The van der Waals surface area contributed by atoms with E-state index in [9.17, 15) is 4.39 Å². The van der Waals surface area contributed by atoms with Gasteiger partial charge in [-0.2, -0.15) is 0 Å². The van der Waals surface area contributed by atoms with Gasteiger partial charge in [0.1, 0.15) is 11.4 Å². The van der Waals surface area contributed by atoms with Crippen molar-refractivity contribution in [2.24, 2.45) is 5.92 Å². The van der Waals surface area contributed by atoms with Gasteiger partial charge in [-0.1, -0.05) is 13.8 Å². The normalized spacial score (nSPS) is 11.6. The summed E-state index contributed by atoms with van der Waals surface area (Å²) in [5.74, 6) is 0.357. The van der Waals surface area contributed by atoms with Crippen molar-refractivity contribution in [2.75, 3.05) is 13.1 Å². The van der Waals surface area contributed by atoms with E-state index in [4.69, 9.17) is 4.42 Å². The molecule has 98 valence electrons. The molecule has 0 saturated carbocycles. The molecule has 0 aliphatic carbocycles. The van der Waals surface area contributed by atoms with E-state index < -0.39 is 0 Å². The standard InChI is InChI=1S/C14H17BrFNO/c1-9(2)7-17-4-3-10-8-18-14-6-13(16)12(15)5-11(10)14/h5-6,8-9,17H,3-4,7H2,1-2H3. The molecule has 0 unspecified atom stereocenters. The molecule has 2 rings (SSSR count). The number of furan rings is 1. The van der Waals surface area contributed by atoms with Crippen LogP contribution in [-0.2, 0) is 6.42 Å². The molecule has 0 spiro atoms. The average molecular weight is 314 g/mol. The van der Waals surface area contributed by atoms with Crippen molar-refractivity contribution in [1.82, 2.24) is 5.32 Å². The van der Waals surface area contributed by atoms with Crippen LogP contribution in [0.4, 0.5) is 4.39 Å². The Morgan fingerprint density at radius 3 is 2.89 bits per heavy atom. The van der Waals surface area contributed by atoms with E-state index in [-0.39, 0.29) is 5.82 Å². The summed E-state index contributed by atoms with van der Waals surface area (Å²) in [5.41, 5.74) is 1.72. The van der Waals surface area contributed by atoms with Crippen LogP contribution in [0.15, 0.2) is 27.3 Å². The number of rotatable bonds is 5. The smallest absolute Gasteiger partial charge is 0.141 e. The minimum atomic E-state index is -0.290. The Morgan fingerprint density at radius 1 is 1.39 bits per heavy atom. The van der Waals surface area contributed by atoms with E-state index >= 15 is 0 Å². The van der Waals surface area contributed by atoms with Crippen LogP contribution in [0.1, 0.15) is 19.4 Å². The Balaban J connectivity index is 2.07. The van der Waals surface area contributed by atoms with Gasteiger partial charge >= 0.3 is 0 Å². The van der Waals surface area contributed by atoms with Gasteiger partial charge in [0.15, 0.2) is 0 Å². The molecule has 1 aromatic carbocycles. The third kappa shape index (κ3) is 3.12. The van der Waals surface area contributed by atoms with Crippen molar-refractivity contribution in [3.8, 4) is 0 Å². The summed E-state index contributed by atoms with van der Waals surface area (Å²) in [4.78, 5) is 0. The monoisotopic (exact) mass is 313 g/mol. The minimum Gasteiger partial charge on any atom is -0.464 e. The zero-order valence-electron chi connectivity index (χ0n) is 10.6. The summed E-state index contributed by atoms with van der Waals surface area (Å²) in [5, 5.41) is 4.37. The maximum atomic E-state index is 13.3. The van der Waals surface area contributed by atoms with Crippen LogP contribution in [0.2, 0.25) is 0 Å². The second kappa shape index (κ2) is 5.85. The van der Waals surface area contributed by atoms with Gasteiger partial charge in [-0.3, -0.25) is 0 Å². The zero-order chi connectivity index (χ0) is 13.1. The van der Waals surface area contributed by atoms with Gasteiger partial charge < -0.3 is 9.73 Å². The molecular weight excluding hydrogens is 297 g/mol. The van der Waals surface area contributed by atoms with Crippen LogP contribution in [0.3, 0.4) is 0 Å². The number of halogens is 2. The summed E-state index contributed by atoms with van der Waals surface area (Å²) < 4.78 is 19.2. The van der Waals surface area contributed by atoms with Gasteiger partial charge in [0.2, 0.25) is 0 Å². The van der Waals surface area contributed by atoms with Crippen molar-refractivity contribution in [3.05, 3.63) is 34.2 Å². The summed E-state index contributed by atoms with van der Waals surface area (Å²) in [7, 11) is 0. The molecule has 18 heavy (non-hydrogen) atoms. The topological polar surface area (TPSA) is 25.2 Å². The van der Waals surface area contributed by atoms with Gasteiger partial charge in [-0.15, -0.1) is 0 Å². The van der Waals surface area contributed by atoms with Crippen LogP contribution < -0.4 is 5.32 Å². The Morgan fingerprint density at radius 2 is 2.17 bits per heavy atom. The molecule has 1 N–H and O–H groups in total. The van der Waals surface area contributed by atoms with E-state index in [1.807, 2.05) is 0 Å². The fourth-order valence-corrected chi connectivity index (χ4v) is 2.23. The van der Waals surface area contributed by atoms with Crippen molar-refractivity contribution >= 4 is 26.9 Å². The van der Waals surface area contributed by atoms with Gasteiger partial charge in [-0.05, 0) is 53.0 Å². The summed E-state index contributed by atoms with van der Waals surface area (Å²) >= 11 is 3.20. The van der Waals surface area contributed by atoms with E-state index in [0.29, 0.717) is 16.0 Å². The molecule has 1 heterocycles. The quantitative estimate of drug-likeness (QED) is 0.840. The maximum Gasteiger partial charge on any atom is 0.141 e. The number of fused-ring (bicyclic) bond motifs is 1. The second-order valence-electron chi connectivity index (χ2n) is 4.87. The summed E-state index contributed by atoms with van der Waals surface area (Å²) in [6, 6.07) is 3.20. The molecule has 0 radical (unpaired) electrons. The third-order valence-corrected chi connectivity index (χ3v) is 3.43. The van der Waals surface area contributed by atoms with Crippen LogP contribution >= 0.6 is 15.9 Å².